The van der Waals surface area contributed by atoms with E-state index in [0.29, 0.717) is 18.4 Å². The Morgan fingerprint density at radius 3 is 2.60 bits per heavy atom. The lowest BCUT2D eigenvalue weighted by molar-refractivity contribution is -0.132. The van der Waals surface area contributed by atoms with Crippen molar-refractivity contribution in [3.63, 3.8) is 0 Å². The SMILES string of the molecule is CCC(=O)N1CCN([C@@H]2CCNC2)CC1. The molecular weight excluding hydrogens is 190 g/mol. The molecular formula is C11H21N3O. The zero-order valence-electron chi connectivity index (χ0n) is 9.54. The van der Waals surface area contributed by atoms with Gasteiger partial charge in [-0.15, -0.1) is 0 Å². The van der Waals surface area contributed by atoms with Gasteiger partial charge in [0.25, 0.3) is 0 Å². The van der Waals surface area contributed by atoms with Crippen LogP contribution < -0.4 is 5.32 Å². The summed E-state index contributed by atoms with van der Waals surface area (Å²) >= 11 is 0. The quantitative estimate of drug-likeness (QED) is 0.693. The summed E-state index contributed by atoms with van der Waals surface area (Å²) in [6.45, 7) is 8.17. The van der Waals surface area contributed by atoms with Gasteiger partial charge in [0.2, 0.25) is 5.91 Å². The molecule has 0 bridgehead atoms. The molecule has 2 saturated heterocycles. The van der Waals surface area contributed by atoms with E-state index in [1.807, 2.05) is 11.8 Å². The number of nitrogens with zero attached hydrogens (tertiary/aromatic N) is 2. The predicted molar refractivity (Wildman–Crippen MR) is 59.7 cm³/mol. The Labute approximate surface area is 91.6 Å². The monoisotopic (exact) mass is 211 g/mol. The molecule has 0 saturated carbocycles. The Morgan fingerprint density at radius 2 is 2.07 bits per heavy atom. The highest BCUT2D eigenvalue weighted by Gasteiger charge is 2.26. The maximum absolute atomic E-state index is 11.5. The molecule has 0 aromatic rings. The summed E-state index contributed by atoms with van der Waals surface area (Å²) in [6, 6.07) is 0.712. The molecule has 1 amide bonds. The van der Waals surface area contributed by atoms with E-state index >= 15 is 0 Å². The minimum Gasteiger partial charge on any atom is -0.340 e. The van der Waals surface area contributed by atoms with Crippen LogP contribution in [0.5, 0.6) is 0 Å². The van der Waals surface area contributed by atoms with E-state index < -0.39 is 0 Å². The predicted octanol–water partition coefficient (Wildman–Crippen LogP) is -0.0975. The number of amides is 1. The van der Waals surface area contributed by atoms with E-state index in [4.69, 9.17) is 0 Å². The standard InChI is InChI=1S/C11H21N3O/c1-2-11(15)14-7-5-13(6-8-14)10-3-4-12-9-10/h10,12H,2-9H2,1H3/t10-/m1/s1. The molecule has 2 aliphatic heterocycles. The number of piperazine rings is 1. The van der Waals surface area contributed by atoms with Crippen molar-refractivity contribution in [3.8, 4) is 0 Å². The highest BCUT2D eigenvalue weighted by molar-refractivity contribution is 5.75. The van der Waals surface area contributed by atoms with Crippen LogP contribution in [0, 0.1) is 0 Å². The normalized spacial score (nSPS) is 28.3. The molecule has 1 N–H and O–H groups in total. The van der Waals surface area contributed by atoms with Crippen LogP contribution in [0.1, 0.15) is 19.8 Å². The van der Waals surface area contributed by atoms with Crippen molar-refractivity contribution >= 4 is 5.91 Å². The molecule has 2 aliphatic rings. The van der Waals surface area contributed by atoms with Crippen LogP contribution in [0.2, 0.25) is 0 Å². The van der Waals surface area contributed by atoms with Crippen molar-refractivity contribution in [2.75, 3.05) is 39.3 Å². The zero-order valence-corrected chi connectivity index (χ0v) is 9.54. The molecule has 0 aliphatic carbocycles. The van der Waals surface area contributed by atoms with E-state index in [2.05, 4.69) is 10.2 Å². The first-order valence-corrected chi connectivity index (χ1v) is 6.04. The van der Waals surface area contributed by atoms with Crippen LogP contribution in [-0.2, 0) is 4.79 Å². The number of nitrogens with one attached hydrogen (secondary N) is 1. The van der Waals surface area contributed by atoms with Gasteiger partial charge in [-0.25, -0.2) is 0 Å². The Balaban J connectivity index is 1.78. The Bertz CT molecular complexity index is 218. The Morgan fingerprint density at radius 1 is 1.33 bits per heavy atom. The van der Waals surface area contributed by atoms with Crippen LogP contribution in [0.3, 0.4) is 0 Å². The molecule has 0 spiro atoms. The van der Waals surface area contributed by atoms with Crippen LogP contribution in [-0.4, -0.2) is 61.0 Å². The largest absolute Gasteiger partial charge is 0.340 e. The zero-order chi connectivity index (χ0) is 10.7. The van der Waals surface area contributed by atoms with Crippen molar-refractivity contribution in [2.45, 2.75) is 25.8 Å². The van der Waals surface area contributed by atoms with Gasteiger partial charge in [-0.3, -0.25) is 9.69 Å². The first kappa shape index (κ1) is 10.9. The molecule has 0 unspecified atom stereocenters. The van der Waals surface area contributed by atoms with Gasteiger partial charge in [-0.2, -0.15) is 0 Å². The number of carbonyl (C=O) groups excluding carboxylic acids is 1. The molecule has 2 rings (SSSR count). The number of carbonyl (C=O) groups is 1. The summed E-state index contributed by atoms with van der Waals surface area (Å²) in [5.41, 5.74) is 0. The van der Waals surface area contributed by atoms with Crippen LogP contribution in [0.25, 0.3) is 0 Å². The minimum atomic E-state index is 0.305. The molecule has 86 valence electrons. The molecule has 0 radical (unpaired) electrons. The number of rotatable bonds is 2. The second-order valence-electron chi connectivity index (χ2n) is 4.42. The van der Waals surface area contributed by atoms with Crippen molar-refractivity contribution in [1.29, 1.82) is 0 Å². The molecule has 4 heteroatoms. The lowest BCUT2D eigenvalue weighted by atomic mass is 10.2. The Hall–Kier alpha value is -0.610. The summed E-state index contributed by atoms with van der Waals surface area (Å²) in [7, 11) is 0. The lowest BCUT2D eigenvalue weighted by Crippen LogP contribution is -2.52. The fraction of sp³-hybridized carbons (Fsp3) is 0.909. The van der Waals surface area contributed by atoms with Gasteiger partial charge in [-0.05, 0) is 13.0 Å². The van der Waals surface area contributed by atoms with Crippen LogP contribution in [0.15, 0.2) is 0 Å². The average molecular weight is 211 g/mol. The molecule has 0 aromatic carbocycles. The fourth-order valence-corrected chi connectivity index (χ4v) is 2.51. The van der Waals surface area contributed by atoms with Gasteiger partial charge in [0.15, 0.2) is 0 Å². The smallest absolute Gasteiger partial charge is 0.222 e. The third-order valence-corrected chi connectivity index (χ3v) is 3.52. The van der Waals surface area contributed by atoms with Crippen molar-refractivity contribution in [2.24, 2.45) is 0 Å². The molecule has 1 atom stereocenters. The van der Waals surface area contributed by atoms with E-state index in [-0.39, 0.29) is 0 Å². The van der Waals surface area contributed by atoms with Gasteiger partial charge >= 0.3 is 0 Å². The maximum Gasteiger partial charge on any atom is 0.222 e. The van der Waals surface area contributed by atoms with Gasteiger partial charge < -0.3 is 10.2 Å². The third kappa shape index (κ3) is 2.49. The van der Waals surface area contributed by atoms with Crippen molar-refractivity contribution in [3.05, 3.63) is 0 Å². The van der Waals surface area contributed by atoms with Crippen LogP contribution in [0.4, 0.5) is 0 Å². The van der Waals surface area contributed by atoms with E-state index in [0.717, 1.165) is 39.3 Å². The Kier molecular flexibility index (Phi) is 3.59. The number of hydrogen-bond acceptors (Lipinski definition) is 3. The molecule has 15 heavy (non-hydrogen) atoms. The van der Waals surface area contributed by atoms with Gasteiger partial charge in [-0.1, -0.05) is 6.92 Å². The summed E-state index contributed by atoms with van der Waals surface area (Å²) < 4.78 is 0. The molecule has 0 aromatic heterocycles. The summed E-state index contributed by atoms with van der Waals surface area (Å²) in [6.07, 6.45) is 1.91. The van der Waals surface area contributed by atoms with Gasteiger partial charge in [0, 0.05) is 45.2 Å². The van der Waals surface area contributed by atoms with Crippen molar-refractivity contribution in [1.82, 2.24) is 15.1 Å². The topological polar surface area (TPSA) is 35.6 Å². The van der Waals surface area contributed by atoms with Crippen molar-refractivity contribution < 1.29 is 4.79 Å². The average Bonchev–Trinajstić information content (AvgIpc) is 2.82. The van der Waals surface area contributed by atoms with Gasteiger partial charge in [0.1, 0.15) is 0 Å². The molecule has 2 heterocycles. The fourth-order valence-electron chi connectivity index (χ4n) is 2.51. The molecule has 4 nitrogen and oxygen atoms in total. The maximum atomic E-state index is 11.5. The van der Waals surface area contributed by atoms with Crippen LogP contribution >= 0.6 is 0 Å². The minimum absolute atomic E-state index is 0.305. The number of hydrogen-bond donors (Lipinski definition) is 1. The lowest BCUT2D eigenvalue weighted by Gasteiger charge is -2.37. The van der Waals surface area contributed by atoms with E-state index in [1.165, 1.54) is 6.42 Å². The summed E-state index contributed by atoms with van der Waals surface area (Å²) in [5.74, 6) is 0.305. The second-order valence-corrected chi connectivity index (χ2v) is 4.42. The highest BCUT2D eigenvalue weighted by Crippen LogP contribution is 2.12. The van der Waals surface area contributed by atoms with Gasteiger partial charge in [0.05, 0.1) is 0 Å². The third-order valence-electron chi connectivity index (χ3n) is 3.52. The summed E-state index contributed by atoms with van der Waals surface area (Å²) in [4.78, 5) is 16.0. The second kappa shape index (κ2) is 4.94. The van der Waals surface area contributed by atoms with E-state index in [1.54, 1.807) is 0 Å². The van der Waals surface area contributed by atoms with E-state index in [9.17, 15) is 4.79 Å². The first-order valence-electron chi connectivity index (χ1n) is 6.04. The first-order chi connectivity index (χ1) is 7.31. The summed E-state index contributed by atoms with van der Waals surface area (Å²) in [5, 5.41) is 3.39. The molecule has 2 fully saturated rings. The highest BCUT2D eigenvalue weighted by atomic mass is 16.2.